The summed E-state index contributed by atoms with van der Waals surface area (Å²) >= 11 is 0. The average molecular weight is 207 g/mol. The predicted molar refractivity (Wildman–Crippen MR) is 48.8 cm³/mol. The van der Waals surface area contributed by atoms with Crippen molar-refractivity contribution in [1.29, 1.82) is 0 Å². The number of hydrogen-bond acceptors (Lipinski definition) is 3. The Balaban J connectivity index is 4.02. The van der Waals surface area contributed by atoms with Crippen LogP contribution in [0.4, 0.5) is 0 Å². The second-order valence-corrected chi connectivity index (χ2v) is 4.51. The van der Waals surface area contributed by atoms with Gasteiger partial charge in [0, 0.05) is 6.54 Å². The van der Waals surface area contributed by atoms with E-state index in [9.17, 15) is 13.2 Å². The molecule has 6 heteroatoms. The van der Waals surface area contributed by atoms with Crippen LogP contribution in [0.3, 0.4) is 0 Å². The van der Waals surface area contributed by atoms with Gasteiger partial charge in [-0.15, -0.1) is 6.58 Å². The summed E-state index contributed by atoms with van der Waals surface area (Å²) < 4.78 is 24.1. The van der Waals surface area contributed by atoms with Gasteiger partial charge < -0.3 is 5.11 Å². The van der Waals surface area contributed by atoms with E-state index in [1.165, 1.54) is 13.0 Å². The van der Waals surface area contributed by atoms with Crippen LogP contribution in [0.25, 0.3) is 0 Å². The van der Waals surface area contributed by atoms with Crippen molar-refractivity contribution in [3.05, 3.63) is 12.7 Å². The lowest BCUT2D eigenvalue weighted by Gasteiger charge is -2.07. The van der Waals surface area contributed by atoms with Crippen LogP contribution in [0.5, 0.6) is 0 Å². The Hall–Kier alpha value is -0.880. The lowest BCUT2D eigenvalue weighted by molar-refractivity contribution is -0.140. The molecule has 0 saturated heterocycles. The van der Waals surface area contributed by atoms with Crippen molar-refractivity contribution in [1.82, 2.24) is 4.72 Å². The third-order valence-corrected chi connectivity index (χ3v) is 2.65. The standard InChI is InChI=1S/C7H13NO4S/c1-3-4-13(11,12)8-5-6(2)7(9)10/h3,6,8H,1,4-5H2,2H3,(H,9,10). The molecule has 13 heavy (non-hydrogen) atoms. The highest BCUT2D eigenvalue weighted by molar-refractivity contribution is 7.89. The summed E-state index contributed by atoms with van der Waals surface area (Å²) in [6.45, 7) is 4.61. The van der Waals surface area contributed by atoms with Crippen molar-refractivity contribution >= 4 is 16.0 Å². The van der Waals surface area contributed by atoms with Crippen LogP contribution < -0.4 is 4.72 Å². The molecule has 0 aliphatic carbocycles. The zero-order valence-electron chi connectivity index (χ0n) is 7.36. The topological polar surface area (TPSA) is 83.5 Å². The minimum absolute atomic E-state index is 0.0918. The maximum Gasteiger partial charge on any atom is 0.307 e. The summed E-state index contributed by atoms with van der Waals surface area (Å²) in [5.74, 6) is -1.94. The first kappa shape index (κ1) is 12.1. The summed E-state index contributed by atoms with van der Waals surface area (Å²) in [5.41, 5.74) is 0. The molecule has 1 atom stereocenters. The lowest BCUT2D eigenvalue weighted by atomic mass is 10.2. The van der Waals surface area contributed by atoms with Gasteiger partial charge in [-0.05, 0) is 0 Å². The summed E-state index contributed by atoms with van der Waals surface area (Å²) in [5, 5.41) is 8.45. The van der Waals surface area contributed by atoms with E-state index in [0.717, 1.165) is 0 Å². The zero-order valence-corrected chi connectivity index (χ0v) is 8.17. The van der Waals surface area contributed by atoms with Crippen molar-refractivity contribution in [2.45, 2.75) is 6.92 Å². The van der Waals surface area contributed by atoms with E-state index in [0.29, 0.717) is 0 Å². The van der Waals surface area contributed by atoms with Gasteiger partial charge in [-0.3, -0.25) is 4.79 Å². The Morgan fingerprint density at radius 2 is 2.23 bits per heavy atom. The number of carbonyl (C=O) groups is 1. The van der Waals surface area contributed by atoms with E-state index >= 15 is 0 Å². The molecule has 0 aromatic rings. The van der Waals surface area contributed by atoms with Gasteiger partial charge in [0.2, 0.25) is 10.0 Å². The van der Waals surface area contributed by atoms with E-state index in [1.54, 1.807) is 0 Å². The SMILES string of the molecule is C=CCS(=O)(=O)NCC(C)C(=O)O. The molecule has 0 bridgehead atoms. The molecule has 0 aromatic heterocycles. The van der Waals surface area contributed by atoms with Crippen LogP contribution in [0, 0.1) is 5.92 Å². The van der Waals surface area contributed by atoms with Gasteiger partial charge in [-0.1, -0.05) is 13.0 Å². The Morgan fingerprint density at radius 3 is 2.62 bits per heavy atom. The molecule has 5 nitrogen and oxygen atoms in total. The monoisotopic (exact) mass is 207 g/mol. The summed E-state index contributed by atoms with van der Waals surface area (Å²) in [6.07, 6.45) is 1.24. The molecule has 0 heterocycles. The largest absolute Gasteiger partial charge is 0.481 e. The summed E-state index contributed by atoms with van der Waals surface area (Å²) in [4.78, 5) is 10.3. The zero-order chi connectivity index (χ0) is 10.5. The molecular weight excluding hydrogens is 194 g/mol. The van der Waals surface area contributed by atoms with Gasteiger partial charge in [-0.25, -0.2) is 13.1 Å². The van der Waals surface area contributed by atoms with Gasteiger partial charge in [0.05, 0.1) is 11.7 Å². The average Bonchev–Trinajstić information content (AvgIpc) is 2.00. The van der Waals surface area contributed by atoms with Crippen molar-refractivity contribution < 1.29 is 18.3 Å². The summed E-state index contributed by atoms with van der Waals surface area (Å²) in [6, 6.07) is 0. The van der Waals surface area contributed by atoms with E-state index in [-0.39, 0.29) is 12.3 Å². The predicted octanol–water partition coefficient (Wildman–Crippen LogP) is -0.188. The smallest absolute Gasteiger partial charge is 0.307 e. The van der Waals surface area contributed by atoms with E-state index < -0.39 is 21.9 Å². The molecule has 76 valence electrons. The molecule has 0 aliphatic heterocycles. The van der Waals surface area contributed by atoms with Crippen molar-refractivity contribution in [2.24, 2.45) is 5.92 Å². The first-order valence-corrected chi connectivity index (χ1v) is 5.35. The fourth-order valence-corrected chi connectivity index (χ4v) is 1.49. The minimum Gasteiger partial charge on any atom is -0.481 e. The molecule has 0 radical (unpaired) electrons. The second kappa shape index (κ2) is 4.98. The fourth-order valence-electron chi connectivity index (χ4n) is 0.553. The highest BCUT2D eigenvalue weighted by Gasteiger charge is 2.14. The van der Waals surface area contributed by atoms with Crippen LogP contribution in [0.1, 0.15) is 6.92 Å². The Labute approximate surface area is 77.5 Å². The number of carboxylic acids is 1. The van der Waals surface area contributed by atoms with Crippen LogP contribution in [0.2, 0.25) is 0 Å². The van der Waals surface area contributed by atoms with Crippen LogP contribution in [0.15, 0.2) is 12.7 Å². The van der Waals surface area contributed by atoms with E-state index in [4.69, 9.17) is 5.11 Å². The molecule has 0 aliphatic rings. The van der Waals surface area contributed by atoms with Gasteiger partial charge in [0.15, 0.2) is 0 Å². The molecule has 0 aromatic carbocycles. The minimum atomic E-state index is -3.39. The number of nitrogens with one attached hydrogen (secondary N) is 1. The molecule has 0 amide bonds. The summed E-state index contributed by atoms with van der Waals surface area (Å²) in [7, 11) is -3.39. The Bertz CT molecular complexity index is 283. The number of sulfonamides is 1. The lowest BCUT2D eigenvalue weighted by Crippen LogP contribution is -2.32. The molecule has 0 saturated carbocycles. The van der Waals surface area contributed by atoms with Gasteiger partial charge in [0.25, 0.3) is 0 Å². The van der Waals surface area contributed by atoms with Gasteiger partial charge in [0.1, 0.15) is 0 Å². The number of hydrogen-bond donors (Lipinski definition) is 2. The van der Waals surface area contributed by atoms with Crippen LogP contribution in [-0.4, -0.2) is 31.8 Å². The van der Waals surface area contributed by atoms with Crippen molar-refractivity contribution in [3.63, 3.8) is 0 Å². The normalized spacial score (nSPS) is 13.6. The maximum absolute atomic E-state index is 11.0. The van der Waals surface area contributed by atoms with Gasteiger partial charge >= 0.3 is 5.97 Å². The van der Waals surface area contributed by atoms with Gasteiger partial charge in [-0.2, -0.15) is 0 Å². The molecule has 0 spiro atoms. The molecular formula is C7H13NO4S. The fraction of sp³-hybridized carbons (Fsp3) is 0.571. The van der Waals surface area contributed by atoms with Crippen molar-refractivity contribution in [2.75, 3.05) is 12.3 Å². The maximum atomic E-state index is 11.0. The quantitative estimate of drug-likeness (QED) is 0.591. The van der Waals surface area contributed by atoms with Crippen LogP contribution in [-0.2, 0) is 14.8 Å². The number of aliphatic carboxylic acids is 1. The highest BCUT2D eigenvalue weighted by Crippen LogP contribution is 1.93. The van der Waals surface area contributed by atoms with E-state index in [2.05, 4.69) is 11.3 Å². The third kappa shape index (κ3) is 5.37. The molecule has 0 rings (SSSR count). The second-order valence-electron chi connectivity index (χ2n) is 2.66. The third-order valence-electron chi connectivity index (χ3n) is 1.37. The first-order valence-electron chi connectivity index (χ1n) is 3.70. The van der Waals surface area contributed by atoms with Crippen molar-refractivity contribution in [3.8, 4) is 0 Å². The Morgan fingerprint density at radius 1 is 1.69 bits per heavy atom. The van der Waals surface area contributed by atoms with Crippen LogP contribution >= 0.6 is 0 Å². The Kier molecular flexibility index (Phi) is 4.64. The number of carboxylic acid groups (broad SMARTS) is 1. The van der Waals surface area contributed by atoms with E-state index in [1.807, 2.05) is 0 Å². The number of rotatable bonds is 6. The first-order chi connectivity index (χ1) is 5.89. The molecule has 2 N–H and O–H groups in total. The molecule has 1 unspecified atom stereocenters. The highest BCUT2D eigenvalue weighted by atomic mass is 32.2. The molecule has 0 fully saturated rings.